The van der Waals surface area contributed by atoms with Crippen LogP contribution in [-0.4, -0.2) is 137 Å². The van der Waals surface area contributed by atoms with Gasteiger partial charge in [-0.2, -0.15) is 10.2 Å². The Labute approximate surface area is 697 Å². The summed E-state index contributed by atoms with van der Waals surface area (Å²) in [6.07, 6.45) is 14.9. The number of aliphatic imine (C=N–C) groups is 4. The summed E-state index contributed by atoms with van der Waals surface area (Å²) in [6.45, 7) is 21.6. The third-order valence-electron chi connectivity index (χ3n) is 21.9. The lowest BCUT2D eigenvalue weighted by molar-refractivity contribution is -0.135. The van der Waals surface area contributed by atoms with Gasteiger partial charge in [0.1, 0.15) is 22.2 Å². The summed E-state index contributed by atoms with van der Waals surface area (Å²) in [4.78, 5) is 91.5. The average Bonchev–Trinajstić information content (AvgIpc) is 1.51. The number of methoxy groups -OCH3 is 1. The highest BCUT2D eigenvalue weighted by Gasteiger charge is 2.54. The number of nitrogens with zero attached hydrogens (tertiary/aromatic N) is 15. The van der Waals surface area contributed by atoms with Crippen molar-refractivity contribution in [3.8, 4) is 92.4 Å². The number of carbonyl (C=O) groups excluding carboxylic acids is 4. The number of hydrogen-bond donors (Lipinski definition) is 4. The van der Waals surface area contributed by atoms with Crippen LogP contribution >= 0.6 is 22.7 Å². The van der Waals surface area contributed by atoms with Crippen LogP contribution in [0.2, 0.25) is 0 Å². The van der Waals surface area contributed by atoms with Crippen molar-refractivity contribution in [2.24, 2.45) is 61.8 Å². The maximum Gasteiger partial charge on any atom is 0.239 e. The second-order valence-corrected chi connectivity index (χ2v) is 33.1. The third kappa shape index (κ3) is 17.3. The van der Waals surface area contributed by atoms with Gasteiger partial charge in [-0.15, -0.1) is 46.4 Å². The van der Waals surface area contributed by atoms with Crippen molar-refractivity contribution in [1.29, 1.82) is 0 Å². The molecule has 1 unspecified atom stereocenters. The lowest BCUT2D eigenvalue weighted by Crippen LogP contribution is -2.54. The van der Waals surface area contributed by atoms with Gasteiger partial charge in [-0.1, -0.05) is 93.0 Å². The molecule has 26 heteroatoms. The van der Waals surface area contributed by atoms with E-state index < -0.39 is 34.0 Å². The van der Waals surface area contributed by atoms with Crippen molar-refractivity contribution < 1.29 is 23.9 Å². The van der Waals surface area contributed by atoms with Crippen molar-refractivity contribution in [2.75, 3.05) is 35.3 Å². The van der Waals surface area contributed by atoms with E-state index in [1.165, 1.54) is 36.5 Å². The Balaban J connectivity index is 0.000000146. The Hall–Kier alpha value is -13.3. The van der Waals surface area contributed by atoms with Gasteiger partial charge in [-0.25, -0.2) is 29.6 Å². The quantitative estimate of drug-likeness (QED) is 0.0827. The van der Waals surface area contributed by atoms with Crippen LogP contribution in [0.5, 0.6) is 5.88 Å². The van der Waals surface area contributed by atoms with E-state index in [-0.39, 0.29) is 65.2 Å². The summed E-state index contributed by atoms with van der Waals surface area (Å²) < 4.78 is 8.74. The summed E-state index contributed by atoms with van der Waals surface area (Å²) in [5.41, 5.74) is 36.1. The fourth-order valence-electron chi connectivity index (χ4n) is 15.1. The van der Waals surface area contributed by atoms with E-state index in [2.05, 4.69) is 134 Å². The molecule has 11 heterocycles. The number of nitrogens with two attached hydrogens (primary N) is 4. The minimum Gasteiger partial charge on any atom is -0.481 e. The Kier molecular flexibility index (Phi) is 24.4. The highest BCUT2D eigenvalue weighted by atomic mass is 32.1. The number of benzene rings is 3. The number of ether oxygens (including phenoxy) is 1. The van der Waals surface area contributed by atoms with Crippen LogP contribution in [0.15, 0.2) is 189 Å². The van der Waals surface area contributed by atoms with Crippen molar-refractivity contribution in [3.05, 3.63) is 229 Å². The molecule has 3 aromatic carbocycles. The van der Waals surface area contributed by atoms with E-state index in [0.29, 0.717) is 11.8 Å². The van der Waals surface area contributed by atoms with Crippen LogP contribution in [0.4, 0.5) is 0 Å². The molecule has 1 aliphatic carbocycles. The maximum atomic E-state index is 13.5. The van der Waals surface area contributed by atoms with Crippen LogP contribution < -0.4 is 27.7 Å². The van der Waals surface area contributed by atoms with Gasteiger partial charge in [0.15, 0.2) is 23.8 Å². The van der Waals surface area contributed by atoms with Crippen molar-refractivity contribution in [3.63, 3.8) is 0 Å². The Morgan fingerprint density at radius 3 is 1.51 bits per heavy atom. The Morgan fingerprint density at radius 2 is 1.00 bits per heavy atom. The molecular weight excluding hydrogens is 1520 g/mol. The lowest BCUT2D eigenvalue weighted by atomic mass is 9.76. The molecule has 15 rings (SSSR count). The van der Waals surface area contributed by atoms with E-state index in [4.69, 9.17) is 42.6 Å². The number of pyridine rings is 3. The normalized spacial score (nSPS) is 21.4. The first-order valence-corrected chi connectivity index (χ1v) is 40.2. The third-order valence-corrected chi connectivity index (χ3v) is 24.2. The molecule has 10 aromatic rings. The number of carbonyl (C=O) groups is 4. The second-order valence-electron chi connectivity index (χ2n) is 31.3. The minimum absolute atomic E-state index is 0.0329. The van der Waals surface area contributed by atoms with Crippen LogP contribution in [0.1, 0.15) is 167 Å². The molecule has 24 nitrogen and oxygen atoms in total. The predicted octanol–water partition coefficient (Wildman–Crippen LogP) is 12.8. The SMILES string of the molecule is CC#Cc1cccc(-c2cc([C@]3(C)CC(=O)N(C)C(N)=N3)n(C)n2)c1.CC#Cc1cccc(-n2cc([C@@]3(C)N=C(N)N(C)C(=O)[C@@H]3C3CC3)cn2)c1.CC#Cc1cncc(-c2csc([C@@]3(C)N=C(N)N(C)C(=O)C3c3ccc(OC)nc3)c2)c1.CC#Cc1cncc(-c2csc([C@@]3(C)N=C(N)N(C)C(=O)[C@@H]3c3ccc(C(C)(C)C)cc3)c2)c1. The Bertz CT molecular complexity index is 5930. The van der Waals surface area contributed by atoms with Gasteiger partial charge >= 0.3 is 0 Å². The number of aryl methyl sites for hydroxylation is 1. The van der Waals surface area contributed by atoms with Gasteiger partial charge in [-0.05, 0) is 179 Å². The van der Waals surface area contributed by atoms with Crippen LogP contribution in [-0.2, 0) is 53.8 Å². The molecule has 7 aromatic heterocycles. The Morgan fingerprint density at radius 1 is 0.508 bits per heavy atom. The zero-order valence-corrected chi connectivity index (χ0v) is 71.1. The molecule has 0 bridgehead atoms. The number of amides is 4. The zero-order valence-electron chi connectivity index (χ0n) is 69.5. The number of likely N-dealkylation sites (N-methyl/N-ethyl adjacent to an activating group) is 2. The molecule has 602 valence electrons. The lowest BCUT2D eigenvalue weighted by Gasteiger charge is -2.40. The molecular formula is C92H97N19O5S2. The molecule has 1 saturated carbocycles. The minimum atomic E-state index is -0.888. The molecule has 118 heavy (non-hydrogen) atoms. The molecule has 4 aliphatic heterocycles. The molecule has 1 fully saturated rings. The van der Waals surface area contributed by atoms with Gasteiger partial charge in [0.05, 0.1) is 54.6 Å². The molecule has 4 amide bonds. The van der Waals surface area contributed by atoms with E-state index in [9.17, 15) is 19.2 Å². The first-order chi connectivity index (χ1) is 56.2. The van der Waals surface area contributed by atoms with Crippen LogP contribution in [0, 0.1) is 59.2 Å². The summed E-state index contributed by atoms with van der Waals surface area (Å²) in [5.74, 6) is 24.1. The summed E-state index contributed by atoms with van der Waals surface area (Å²) >= 11 is 3.12. The van der Waals surface area contributed by atoms with Crippen LogP contribution in [0.3, 0.4) is 0 Å². The van der Waals surface area contributed by atoms with Crippen molar-refractivity contribution >= 4 is 70.1 Å². The first kappa shape index (κ1) is 84.1. The molecule has 0 saturated heterocycles. The van der Waals surface area contributed by atoms with Gasteiger partial charge < -0.3 is 27.7 Å². The number of thiophene rings is 2. The highest BCUT2D eigenvalue weighted by Crippen LogP contribution is 2.52. The smallest absolute Gasteiger partial charge is 0.239 e. The fraction of sp³-hybridized carbons (Fsp3) is 0.315. The second kappa shape index (κ2) is 34.3. The number of hydrogen-bond acceptors (Lipinski definition) is 20. The van der Waals surface area contributed by atoms with Gasteiger partial charge in [0, 0.05) is 133 Å². The van der Waals surface area contributed by atoms with Gasteiger partial charge in [-0.3, -0.25) is 53.4 Å². The first-order valence-electron chi connectivity index (χ1n) is 38.4. The summed E-state index contributed by atoms with van der Waals surface area (Å²) in [7, 11) is 10.1. The van der Waals surface area contributed by atoms with E-state index >= 15 is 0 Å². The molecule has 8 N–H and O–H groups in total. The molecule has 0 spiro atoms. The van der Waals surface area contributed by atoms with Crippen LogP contribution in [0.25, 0.3) is 39.2 Å². The monoisotopic (exact) mass is 1610 g/mol. The fourth-order valence-corrected chi connectivity index (χ4v) is 17.2. The van der Waals surface area contributed by atoms with E-state index in [1.807, 2.05) is 152 Å². The largest absolute Gasteiger partial charge is 0.481 e. The van der Waals surface area contributed by atoms with Gasteiger partial charge in [0.25, 0.3) is 0 Å². The highest BCUT2D eigenvalue weighted by molar-refractivity contribution is 7.11. The summed E-state index contributed by atoms with van der Waals surface area (Å²) in [6, 6.07) is 37.9. The van der Waals surface area contributed by atoms with Gasteiger partial charge in [0.2, 0.25) is 29.5 Å². The predicted molar refractivity (Wildman–Crippen MR) is 467 cm³/mol. The molecule has 7 atom stereocenters. The number of rotatable bonds is 12. The zero-order chi connectivity index (χ0) is 84.9. The van der Waals surface area contributed by atoms with E-state index in [1.54, 1.807) is 100.0 Å². The molecule has 5 aliphatic rings. The standard InChI is InChI=1S/C28H30N4OS.C24H23N5O2S.C21H23N5O.C19H21N5O/c1-7-8-18-13-20(16-30-15-18)21-14-23(34-17-21)28(5)24(25(33)32(6)26(29)31-28)19-9-11-22(12-10-19)27(2,3)4;1-5-6-15-9-17(12-26-11-15)18-10-19(32-14-18)24(2)21(22(30)29(3)23(25)28-24)16-7-8-20(31-4)27-13-16;1-4-6-14-7-5-8-17(11-14)26-13-16(12-23-26)21(2)18(15-9-10-15)19(27)25(3)20(22)24-21;1-5-7-13-8-6-9-14(10-13)15-11-16(24(4)22-15)19(2)12-17(25)23(3)18(20)21-19/h9-17,24H,1-6H3,(H2,29,31);7-14,21H,1-4H3,(H2,25,28);5,7-8,11-13,15,18H,9-10H2,1-3H3,(H2,22,24);6,8-11H,12H2,1-4H3,(H2,20,21)/t24-,28+;21?,24-;18-,21+;19-/m0100/s1. The summed E-state index contributed by atoms with van der Waals surface area (Å²) in [5, 5.41) is 13.2. The van der Waals surface area contributed by atoms with E-state index in [0.717, 1.165) is 106 Å². The number of aromatic nitrogens is 7. The average molecular weight is 1610 g/mol. The maximum absolute atomic E-state index is 13.5. The van der Waals surface area contributed by atoms with Crippen molar-refractivity contribution in [1.82, 2.24) is 54.1 Å². The molecule has 0 radical (unpaired) electrons. The number of guanidine groups is 4. The topological polar surface area (TPSA) is 318 Å². The van der Waals surface area contributed by atoms with Crippen molar-refractivity contribution in [2.45, 2.75) is 135 Å².